The predicted molar refractivity (Wildman–Crippen MR) is 88.4 cm³/mol. The molecular formula is C18H28N2O. The molecule has 0 bridgehead atoms. The van der Waals surface area contributed by atoms with Gasteiger partial charge in [0.25, 0.3) is 0 Å². The fraction of sp³-hybridized carbons (Fsp3) is 0.611. The Balaban J connectivity index is 1.62. The van der Waals surface area contributed by atoms with Crippen LogP contribution < -0.4 is 10.6 Å². The highest BCUT2D eigenvalue weighted by Crippen LogP contribution is 2.30. The monoisotopic (exact) mass is 288 g/mol. The highest BCUT2D eigenvalue weighted by atomic mass is 16.1. The van der Waals surface area contributed by atoms with Gasteiger partial charge in [0.05, 0.1) is 6.54 Å². The molecule has 1 amide bonds. The van der Waals surface area contributed by atoms with E-state index in [0.717, 1.165) is 29.6 Å². The van der Waals surface area contributed by atoms with Crippen LogP contribution in [0.15, 0.2) is 24.3 Å². The lowest BCUT2D eigenvalue weighted by atomic mass is 9.81. The van der Waals surface area contributed by atoms with Crippen molar-refractivity contribution >= 4 is 11.6 Å². The lowest BCUT2D eigenvalue weighted by Gasteiger charge is -2.26. The molecule has 0 spiro atoms. The van der Waals surface area contributed by atoms with Crippen molar-refractivity contribution in [2.24, 2.45) is 11.8 Å². The van der Waals surface area contributed by atoms with Gasteiger partial charge in [-0.3, -0.25) is 4.79 Å². The van der Waals surface area contributed by atoms with E-state index >= 15 is 0 Å². The van der Waals surface area contributed by atoms with Crippen molar-refractivity contribution in [3.63, 3.8) is 0 Å². The summed E-state index contributed by atoms with van der Waals surface area (Å²) in [4.78, 5) is 11.9. The van der Waals surface area contributed by atoms with Crippen molar-refractivity contribution in [1.29, 1.82) is 0 Å². The number of carbonyl (C=O) groups is 1. The molecule has 1 aromatic rings. The SMILES string of the molecule is Cc1ccccc1NC(=O)CNCCC1CCCC(C)C1. The van der Waals surface area contributed by atoms with E-state index in [1.54, 1.807) is 0 Å². The van der Waals surface area contributed by atoms with Gasteiger partial charge >= 0.3 is 0 Å². The van der Waals surface area contributed by atoms with Crippen molar-refractivity contribution < 1.29 is 4.79 Å². The van der Waals surface area contributed by atoms with Crippen LogP contribution in [0.5, 0.6) is 0 Å². The molecule has 116 valence electrons. The first-order valence-electron chi connectivity index (χ1n) is 8.21. The minimum absolute atomic E-state index is 0.0429. The molecular weight excluding hydrogens is 260 g/mol. The molecule has 1 aliphatic rings. The average molecular weight is 288 g/mol. The van der Waals surface area contributed by atoms with Crippen LogP contribution in [0.4, 0.5) is 5.69 Å². The van der Waals surface area contributed by atoms with E-state index in [-0.39, 0.29) is 5.91 Å². The van der Waals surface area contributed by atoms with Gasteiger partial charge in [0.1, 0.15) is 0 Å². The number of carbonyl (C=O) groups excluding carboxylic acids is 1. The molecule has 0 radical (unpaired) electrons. The van der Waals surface area contributed by atoms with Gasteiger partial charge < -0.3 is 10.6 Å². The maximum atomic E-state index is 11.9. The molecule has 0 heterocycles. The van der Waals surface area contributed by atoms with E-state index in [1.807, 2.05) is 31.2 Å². The summed E-state index contributed by atoms with van der Waals surface area (Å²) in [6.07, 6.45) is 6.68. The van der Waals surface area contributed by atoms with Gasteiger partial charge in [-0.1, -0.05) is 44.4 Å². The third-order valence-electron chi connectivity index (χ3n) is 4.48. The van der Waals surface area contributed by atoms with Crippen LogP contribution >= 0.6 is 0 Å². The molecule has 1 fully saturated rings. The van der Waals surface area contributed by atoms with E-state index in [4.69, 9.17) is 0 Å². The van der Waals surface area contributed by atoms with Crippen LogP contribution in [0.3, 0.4) is 0 Å². The average Bonchev–Trinajstić information content (AvgIpc) is 2.46. The molecule has 2 rings (SSSR count). The minimum atomic E-state index is 0.0429. The van der Waals surface area contributed by atoms with E-state index in [2.05, 4.69) is 17.6 Å². The Bertz CT molecular complexity index is 458. The second-order valence-electron chi connectivity index (χ2n) is 6.47. The smallest absolute Gasteiger partial charge is 0.238 e. The molecule has 2 atom stereocenters. The number of para-hydroxylation sites is 1. The Hall–Kier alpha value is -1.35. The van der Waals surface area contributed by atoms with Crippen molar-refractivity contribution in [2.45, 2.75) is 46.0 Å². The van der Waals surface area contributed by atoms with Crippen molar-refractivity contribution in [2.75, 3.05) is 18.4 Å². The van der Waals surface area contributed by atoms with Crippen LogP contribution in [0.2, 0.25) is 0 Å². The second-order valence-corrected chi connectivity index (χ2v) is 6.47. The Morgan fingerprint density at radius 3 is 2.86 bits per heavy atom. The van der Waals surface area contributed by atoms with Crippen molar-refractivity contribution in [3.8, 4) is 0 Å². The number of amides is 1. The standard InChI is InChI=1S/C18H28N2O/c1-14-6-5-8-16(12-14)10-11-19-13-18(21)20-17-9-4-3-7-15(17)2/h3-4,7,9,14,16,19H,5-6,8,10-13H2,1-2H3,(H,20,21). The Morgan fingerprint density at radius 2 is 2.10 bits per heavy atom. The van der Waals surface area contributed by atoms with Gasteiger partial charge in [0.15, 0.2) is 0 Å². The van der Waals surface area contributed by atoms with Crippen LogP contribution in [0.1, 0.15) is 44.6 Å². The lowest BCUT2D eigenvalue weighted by molar-refractivity contribution is -0.115. The number of hydrogen-bond acceptors (Lipinski definition) is 2. The molecule has 3 nitrogen and oxygen atoms in total. The quantitative estimate of drug-likeness (QED) is 0.783. The topological polar surface area (TPSA) is 41.1 Å². The Kier molecular flexibility index (Phi) is 6.24. The summed E-state index contributed by atoms with van der Waals surface area (Å²) in [5.41, 5.74) is 2.01. The van der Waals surface area contributed by atoms with Gasteiger partial charge in [-0.25, -0.2) is 0 Å². The van der Waals surface area contributed by atoms with E-state index in [1.165, 1.54) is 32.1 Å². The fourth-order valence-electron chi connectivity index (χ4n) is 3.24. The number of anilines is 1. The van der Waals surface area contributed by atoms with Gasteiger partial charge in [-0.15, -0.1) is 0 Å². The summed E-state index contributed by atoms with van der Waals surface area (Å²) in [7, 11) is 0. The largest absolute Gasteiger partial charge is 0.325 e. The normalized spacial score (nSPS) is 22.0. The van der Waals surface area contributed by atoms with Crippen LogP contribution in [-0.4, -0.2) is 19.0 Å². The molecule has 0 saturated heterocycles. The van der Waals surface area contributed by atoms with E-state index < -0.39 is 0 Å². The van der Waals surface area contributed by atoms with Crippen LogP contribution in [-0.2, 0) is 4.79 Å². The third kappa shape index (κ3) is 5.50. The zero-order chi connectivity index (χ0) is 15.1. The molecule has 2 N–H and O–H groups in total. The summed E-state index contributed by atoms with van der Waals surface area (Å²) in [6, 6.07) is 7.87. The predicted octanol–water partition coefficient (Wildman–Crippen LogP) is 3.74. The lowest BCUT2D eigenvalue weighted by Crippen LogP contribution is -2.30. The first-order chi connectivity index (χ1) is 10.1. The first kappa shape index (κ1) is 16.0. The number of rotatable bonds is 6. The number of benzene rings is 1. The third-order valence-corrected chi connectivity index (χ3v) is 4.48. The van der Waals surface area contributed by atoms with E-state index in [0.29, 0.717) is 6.54 Å². The van der Waals surface area contributed by atoms with Gasteiger partial charge in [-0.05, 0) is 49.8 Å². The fourth-order valence-corrected chi connectivity index (χ4v) is 3.24. The second kappa shape index (κ2) is 8.18. The molecule has 0 aliphatic heterocycles. The number of aryl methyl sites for hydroxylation is 1. The molecule has 3 heteroatoms. The number of hydrogen-bond donors (Lipinski definition) is 2. The highest BCUT2D eigenvalue weighted by molar-refractivity contribution is 5.92. The maximum absolute atomic E-state index is 11.9. The molecule has 2 unspecified atom stereocenters. The molecule has 0 aromatic heterocycles. The minimum Gasteiger partial charge on any atom is -0.325 e. The molecule has 1 saturated carbocycles. The molecule has 1 aliphatic carbocycles. The summed E-state index contributed by atoms with van der Waals surface area (Å²) < 4.78 is 0. The Morgan fingerprint density at radius 1 is 1.29 bits per heavy atom. The summed E-state index contributed by atoms with van der Waals surface area (Å²) in [5, 5.41) is 6.23. The molecule has 21 heavy (non-hydrogen) atoms. The molecule has 1 aromatic carbocycles. The van der Waals surface area contributed by atoms with Crippen molar-refractivity contribution in [3.05, 3.63) is 29.8 Å². The van der Waals surface area contributed by atoms with Crippen LogP contribution in [0.25, 0.3) is 0 Å². The van der Waals surface area contributed by atoms with Gasteiger partial charge in [-0.2, -0.15) is 0 Å². The maximum Gasteiger partial charge on any atom is 0.238 e. The zero-order valence-electron chi connectivity index (χ0n) is 13.3. The number of nitrogens with one attached hydrogen (secondary N) is 2. The van der Waals surface area contributed by atoms with E-state index in [9.17, 15) is 4.79 Å². The zero-order valence-corrected chi connectivity index (χ0v) is 13.3. The van der Waals surface area contributed by atoms with Gasteiger partial charge in [0.2, 0.25) is 5.91 Å². The first-order valence-corrected chi connectivity index (χ1v) is 8.21. The van der Waals surface area contributed by atoms with Gasteiger partial charge in [0, 0.05) is 5.69 Å². The highest BCUT2D eigenvalue weighted by Gasteiger charge is 2.18. The van der Waals surface area contributed by atoms with Crippen molar-refractivity contribution in [1.82, 2.24) is 5.32 Å². The summed E-state index contributed by atoms with van der Waals surface area (Å²) >= 11 is 0. The summed E-state index contributed by atoms with van der Waals surface area (Å²) in [5.74, 6) is 1.77. The Labute approximate surface area is 128 Å². The summed E-state index contributed by atoms with van der Waals surface area (Å²) in [6.45, 7) is 5.71. The van der Waals surface area contributed by atoms with Crippen LogP contribution in [0, 0.1) is 18.8 Å².